The van der Waals surface area contributed by atoms with Gasteiger partial charge in [0.05, 0.1) is 19.8 Å². The number of rotatable bonds is 5. The fourth-order valence-corrected chi connectivity index (χ4v) is 0.623. The molecule has 4 nitrogen and oxygen atoms in total. The van der Waals surface area contributed by atoms with Crippen LogP contribution in [0.4, 0.5) is 0 Å². The summed E-state index contributed by atoms with van der Waals surface area (Å²) in [4.78, 5) is 10.3. The Labute approximate surface area is 80.2 Å². The molecule has 13 heavy (non-hydrogen) atoms. The lowest BCUT2D eigenvalue weighted by atomic mass is 10.5. The van der Waals surface area contributed by atoms with Crippen LogP contribution < -0.4 is 0 Å². The van der Waals surface area contributed by atoms with Crippen LogP contribution in [0.2, 0.25) is 0 Å². The lowest BCUT2D eigenvalue weighted by Crippen LogP contribution is -2.10. The third-order valence-electron chi connectivity index (χ3n) is 1.24. The van der Waals surface area contributed by atoms with Crippen molar-refractivity contribution in [3.8, 4) is 0 Å². The Balaban J connectivity index is 0. The standard InChI is InChI=1S/C7H12O4.2CH4/c1-6(8)10-3-2-9-4-7-5-11-7;;/h7H,2-5H2,1H3;2*1H4. The van der Waals surface area contributed by atoms with E-state index < -0.39 is 0 Å². The molecular weight excluding hydrogens is 172 g/mol. The molecule has 0 amide bonds. The molecule has 4 heteroatoms. The molecule has 1 aliphatic rings. The quantitative estimate of drug-likeness (QED) is 0.373. The summed E-state index contributed by atoms with van der Waals surface area (Å²) in [6.07, 6.45) is 0.285. The minimum atomic E-state index is -0.267. The van der Waals surface area contributed by atoms with Crippen LogP contribution in [0.5, 0.6) is 0 Å². The Kier molecular flexibility index (Phi) is 9.17. The van der Waals surface area contributed by atoms with Crippen LogP contribution in [0.25, 0.3) is 0 Å². The Morgan fingerprint density at radius 1 is 1.46 bits per heavy atom. The molecule has 0 N–H and O–H groups in total. The number of carbonyl (C=O) groups excluding carboxylic acids is 1. The predicted molar refractivity (Wildman–Crippen MR) is 50.7 cm³/mol. The maximum Gasteiger partial charge on any atom is 0.302 e. The van der Waals surface area contributed by atoms with E-state index in [-0.39, 0.29) is 26.9 Å². The highest BCUT2D eigenvalue weighted by atomic mass is 16.6. The maximum absolute atomic E-state index is 10.3. The summed E-state index contributed by atoms with van der Waals surface area (Å²) >= 11 is 0. The van der Waals surface area contributed by atoms with Crippen molar-refractivity contribution < 1.29 is 19.0 Å². The number of epoxide rings is 1. The molecule has 0 aliphatic carbocycles. The summed E-state index contributed by atoms with van der Waals surface area (Å²) in [5.74, 6) is -0.267. The lowest BCUT2D eigenvalue weighted by Gasteiger charge is -2.01. The van der Waals surface area contributed by atoms with Gasteiger partial charge in [0.25, 0.3) is 0 Å². The molecule has 1 heterocycles. The second-order valence-corrected chi connectivity index (χ2v) is 2.37. The molecule has 0 spiro atoms. The zero-order valence-electron chi connectivity index (χ0n) is 6.54. The van der Waals surface area contributed by atoms with Gasteiger partial charge in [0.2, 0.25) is 0 Å². The first-order chi connectivity index (χ1) is 5.29. The van der Waals surface area contributed by atoms with Gasteiger partial charge in [-0.15, -0.1) is 0 Å². The van der Waals surface area contributed by atoms with E-state index >= 15 is 0 Å². The Hall–Kier alpha value is -0.610. The normalized spacial score (nSPS) is 18.1. The van der Waals surface area contributed by atoms with Crippen LogP contribution >= 0.6 is 0 Å². The van der Waals surface area contributed by atoms with Crippen LogP contribution in [-0.2, 0) is 19.0 Å². The van der Waals surface area contributed by atoms with E-state index in [0.717, 1.165) is 6.61 Å². The van der Waals surface area contributed by atoms with E-state index in [1.54, 1.807) is 0 Å². The fraction of sp³-hybridized carbons (Fsp3) is 0.889. The van der Waals surface area contributed by atoms with Crippen molar-refractivity contribution in [2.75, 3.05) is 26.4 Å². The minimum Gasteiger partial charge on any atom is -0.463 e. The van der Waals surface area contributed by atoms with Crippen molar-refractivity contribution in [2.24, 2.45) is 0 Å². The van der Waals surface area contributed by atoms with Crippen molar-refractivity contribution in [3.63, 3.8) is 0 Å². The molecule has 0 aromatic carbocycles. The fourth-order valence-electron chi connectivity index (χ4n) is 0.623. The number of ether oxygens (including phenoxy) is 3. The number of hydrogen-bond acceptors (Lipinski definition) is 4. The molecular formula is C9H20O4. The molecule has 1 fully saturated rings. The molecule has 0 saturated carbocycles. The molecule has 1 atom stereocenters. The van der Waals surface area contributed by atoms with E-state index in [9.17, 15) is 4.79 Å². The highest BCUT2D eigenvalue weighted by molar-refractivity contribution is 5.65. The second kappa shape index (κ2) is 8.01. The van der Waals surface area contributed by atoms with Gasteiger partial charge in [0.1, 0.15) is 12.7 Å². The summed E-state index contributed by atoms with van der Waals surface area (Å²) in [6.45, 7) is 3.58. The number of esters is 1. The summed E-state index contributed by atoms with van der Waals surface area (Å²) in [5.41, 5.74) is 0. The summed E-state index contributed by atoms with van der Waals surface area (Å²) in [6, 6.07) is 0. The lowest BCUT2D eigenvalue weighted by molar-refractivity contribution is -0.142. The van der Waals surface area contributed by atoms with Gasteiger partial charge in [-0.2, -0.15) is 0 Å². The molecule has 0 aromatic rings. The first-order valence-corrected chi connectivity index (χ1v) is 3.62. The van der Waals surface area contributed by atoms with E-state index in [2.05, 4.69) is 4.74 Å². The Morgan fingerprint density at radius 3 is 2.54 bits per heavy atom. The molecule has 1 aliphatic heterocycles. The Bertz CT molecular complexity index is 132. The van der Waals surface area contributed by atoms with E-state index in [1.807, 2.05) is 0 Å². The first-order valence-electron chi connectivity index (χ1n) is 3.62. The van der Waals surface area contributed by atoms with Gasteiger partial charge in [-0.05, 0) is 0 Å². The average molecular weight is 192 g/mol. The van der Waals surface area contributed by atoms with Gasteiger partial charge in [-0.25, -0.2) is 0 Å². The van der Waals surface area contributed by atoms with Crippen LogP contribution in [0.15, 0.2) is 0 Å². The van der Waals surface area contributed by atoms with Crippen LogP contribution in [0.1, 0.15) is 21.8 Å². The van der Waals surface area contributed by atoms with Crippen molar-refractivity contribution in [3.05, 3.63) is 0 Å². The van der Waals surface area contributed by atoms with E-state index in [1.165, 1.54) is 6.92 Å². The zero-order valence-corrected chi connectivity index (χ0v) is 6.54. The van der Waals surface area contributed by atoms with Gasteiger partial charge in [-0.3, -0.25) is 4.79 Å². The third kappa shape index (κ3) is 9.30. The number of hydrogen-bond donors (Lipinski definition) is 0. The third-order valence-corrected chi connectivity index (χ3v) is 1.24. The topological polar surface area (TPSA) is 48.1 Å². The summed E-state index contributed by atoms with van der Waals surface area (Å²) in [7, 11) is 0. The second-order valence-electron chi connectivity index (χ2n) is 2.37. The monoisotopic (exact) mass is 192 g/mol. The van der Waals surface area contributed by atoms with Crippen molar-refractivity contribution in [2.45, 2.75) is 27.9 Å². The van der Waals surface area contributed by atoms with Crippen molar-refractivity contribution in [1.29, 1.82) is 0 Å². The van der Waals surface area contributed by atoms with Gasteiger partial charge < -0.3 is 14.2 Å². The SMILES string of the molecule is C.C.CC(=O)OCCOCC1CO1. The van der Waals surface area contributed by atoms with Crippen LogP contribution in [0.3, 0.4) is 0 Å². The van der Waals surface area contributed by atoms with Crippen LogP contribution in [-0.4, -0.2) is 38.5 Å². The molecule has 80 valence electrons. The summed E-state index contributed by atoms with van der Waals surface area (Å²) in [5, 5.41) is 0. The Morgan fingerprint density at radius 2 is 2.08 bits per heavy atom. The van der Waals surface area contributed by atoms with Crippen LogP contribution in [0, 0.1) is 0 Å². The van der Waals surface area contributed by atoms with Gasteiger partial charge >= 0.3 is 5.97 Å². The zero-order chi connectivity index (χ0) is 8.10. The predicted octanol–water partition coefficient (Wildman–Crippen LogP) is 1.24. The van der Waals surface area contributed by atoms with E-state index in [4.69, 9.17) is 9.47 Å². The van der Waals surface area contributed by atoms with E-state index in [0.29, 0.717) is 19.8 Å². The number of carbonyl (C=O) groups is 1. The highest BCUT2D eigenvalue weighted by Crippen LogP contribution is 2.07. The maximum atomic E-state index is 10.3. The smallest absolute Gasteiger partial charge is 0.302 e. The van der Waals surface area contributed by atoms with Gasteiger partial charge in [0, 0.05) is 6.92 Å². The molecule has 1 rings (SSSR count). The summed E-state index contributed by atoms with van der Waals surface area (Å²) < 4.78 is 14.6. The molecule has 0 radical (unpaired) electrons. The molecule has 1 unspecified atom stereocenters. The average Bonchev–Trinajstić information content (AvgIpc) is 2.70. The van der Waals surface area contributed by atoms with Crippen molar-refractivity contribution in [1.82, 2.24) is 0 Å². The van der Waals surface area contributed by atoms with Gasteiger partial charge in [-0.1, -0.05) is 14.9 Å². The minimum absolute atomic E-state index is 0. The van der Waals surface area contributed by atoms with Gasteiger partial charge in [0.15, 0.2) is 0 Å². The molecule has 1 saturated heterocycles. The largest absolute Gasteiger partial charge is 0.463 e. The molecule has 0 aromatic heterocycles. The first kappa shape index (κ1) is 14.9. The van der Waals surface area contributed by atoms with Crippen molar-refractivity contribution >= 4 is 5.97 Å². The highest BCUT2D eigenvalue weighted by Gasteiger charge is 2.21. The molecule has 0 bridgehead atoms.